The van der Waals surface area contributed by atoms with Gasteiger partial charge in [-0.1, -0.05) is 0 Å². The van der Waals surface area contributed by atoms with Crippen LogP contribution in [0.4, 0.5) is 0 Å². The van der Waals surface area contributed by atoms with Crippen LogP contribution in [-0.2, 0) is 72.8 Å². The number of hydrogen-bond acceptors (Lipinski definition) is 17. The van der Waals surface area contributed by atoms with Gasteiger partial charge in [-0.25, -0.2) is 0 Å². The molecular formula is C3H22O19Re3-4. The normalized spacial score (nSPS) is 4.20. The first kappa shape index (κ1) is 84.5. The quantitative estimate of drug-likeness (QED) is 0.0822. The van der Waals surface area contributed by atoms with Crippen molar-refractivity contribution in [3.05, 3.63) is 22.3 Å². The predicted octanol–water partition coefficient (Wildman–Crippen LogP) is -0.573. The number of hydrogen-bond donors (Lipinski definition) is 12. The van der Waals surface area contributed by atoms with E-state index in [1.165, 1.54) is 0 Å². The van der Waals surface area contributed by atoms with Crippen LogP contribution in [0.2, 0.25) is 0 Å². The summed E-state index contributed by atoms with van der Waals surface area (Å²) in [7, 11) is 0. The van der Waals surface area contributed by atoms with Crippen LogP contribution >= 0.6 is 0 Å². The summed E-state index contributed by atoms with van der Waals surface area (Å²) in [5.41, 5.74) is 0. The van der Waals surface area contributed by atoms with Crippen molar-refractivity contribution >= 4 is 0 Å². The molecule has 19 nitrogen and oxygen atoms in total. The zero-order valence-corrected chi connectivity index (χ0v) is 20.5. The third kappa shape index (κ3) is 169000. The molecule has 0 radical (unpaired) electrons. The van der Waals surface area contributed by atoms with Crippen molar-refractivity contribution in [3.8, 4) is 0 Å². The zero-order chi connectivity index (χ0) is 19.9. The van der Waals surface area contributed by atoms with Crippen molar-refractivity contribution in [2.24, 2.45) is 0 Å². The standard InChI is InChI=1S/3CH3.5H2O2.3H2O.6O.3Re/c;;;5*1-2;;;;;;;;;;;;/h3*1H3;5*1-2H;3*1H2;;;;;;;;;/q3*-1;;;;;;;;;;;;;;;;2*+1/p-3. The molecule has 0 saturated carbocycles. The van der Waals surface area contributed by atoms with E-state index in [0.29, 0.717) is 0 Å². The van der Waals surface area contributed by atoms with Gasteiger partial charge in [0.15, 0.2) is 0 Å². The van der Waals surface area contributed by atoms with Gasteiger partial charge < -0.3 is 27.8 Å². The fourth-order valence-electron chi connectivity index (χ4n) is 0. The Morgan fingerprint density at radius 2 is 0.560 bits per heavy atom. The second kappa shape index (κ2) is 249. The van der Waals surface area contributed by atoms with Crippen LogP contribution in [0.25, 0.3) is 0 Å². The van der Waals surface area contributed by atoms with Gasteiger partial charge in [0.05, 0.1) is 0 Å². The maximum atomic E-state index is 8.71. The first-order valence-corrected chi connectivity index (χ1v) is 11.3. The van der Waals surface area contributed by atoms with Crippen molar-refractivity contribution in [3.63, 3.8) is 0 Å². The Morgan fingerprint density at radius 3 is 0.560 bits per heavy atom. The number of rotatable bonds is 0. The molecule has 0 amide bonds. The van der Waals surface area contributed by atoms with Crippen LogP contribution in [0.3, 0.4) is 0 Å². The Balaban J connectivity index is -0.00000000772. The molecule has 0 heterocycles. The van der Waals surface area contributed by atoms with Gasteiger partial charge in [-0.15, -0.1) is 0 Å². The predicted molar refractivity (Wildman–Crippen MR) is 56.0 cm³/mol. The first-order chi connectivity index (χ1) is 9.88. The summed E-state index contributed by atoms with van der Waals surface area (Å²) in [5.74, 6) is 0. The van der Waals surface area contributed by atoms with Gasteiger partial charge in [0.25, 0.3) is 0 Å². The van der Waals surface area contributed by atoms with Crippen LogP contribution in [0.1, 0.15) is 0 Å². The van der Waals surface area contributed by atoms with Crippen LogP contribution in [0.15, 0.2) is 0 Å². The molecule has 0 aliphatic rings. The van der Waals surface area contributed by atoms with Gasteiger partial charge in [-0.2, -0.15) is 0 Å². The van der Waals surface area contributed by atoms with Crippen molar-refractivity contribution in [2.75, 3.05) is 0 Å². The molecule has 0 bridgehead atoms. The maximum absolute atomic E-state index is 8.71. The molecule has 0 aromatic rings. The summed E-state index contributed by atoms with van der Waals surface area (Å²) in [6.45, 7) is 0. The van der Waals surface area contributed by atoms with E-state index in [9.17, 15) is 0 Å². The van der Waals surface area contributed by atoms with Crippen molar-refractivity contribution in [1.82, 2.24) is 0 Å². The average Bonchev–Trinajstić information content (AvgIpc) is 2.49. The molecule has 0 atom stereocenters. The molecule has 0 saturated heterocycles. The second-order valence-electron chi connectivity index (χ2n) is 0.459. The summed E-state index contributed by atoms with van der Waals surface area (Å²) in [6.07, 6.45) is 0. The van der Waals surface area contributed by atoms with Gasteiger partial charge in [-0.3, -0.25) is 52.6 Å². The SMILES string of the molecule is OO.OO.OO.OO.OO.[CH3-].[CH3-].[CH3-].[OH-].[O]=[Re](=[O])=[O].[O]=[Re](=[O])[OH].[O]=[Re][OH]. The van der Waals surface area contributed by atoms with E-state index in [0.717, 1.165) is 0 Å². The van der Waals surface area contributed by atoms with Crippen LogP contribution < -0.4 is 0 Å². The van der Waals surface area contributed by atoms with E-state index in [4.69, 9.17) is 81.0 Å². The van der Waals surface area contributed by atoms with Crippen LogP contribution in [0, 0.1) is 22.3 Å². The molecule has 0 rings (SSSR count). The molecule has 25 heavy (non-hydrogen) atoms. The van der Waals surface area contributed by atoms with Gasteiger partial charge in [0, 0.05) is 0 Å². The fraction of sp³-hybridized carbons (Fsp3) is 0. The van der Waals surface area contributed by atoms with Gasteiger partial charge in [0.1, 0.15) is 0 Å². The van der Waals surface area contributed by atoms with Gasteiger partial charge in [-0.05, 0) is 0 Å². The monoisotopic (exact) mass is 923 g/mol. The fourth-order valence-corrected chi connectivity index (χ4v) is 0. The topological polar surface area (TPSA) is 375 Å². The Bertz CT molecular complexity index is 227. The minimum atomic E-state index is -4.21. The Labute approximate surface area is 160 Å². The van der Waals surface area contributed by atoms with Crippen LogP contribution in [0.5, 0.6) is 0 Å². The molecule has 0 aliphatic carbocycles. The van der Waals surface area contributed by atoms with E-state index >= 15 is 0 Å². The Hall–Kier alpha value is 0.267. The van der Waals surface area contributed by atoms with Gasteiger partial charge in [0.2, 0.25) is 0 Å². The average molecular weight is 921 g/mol. The molecule has 0 spiro atoms. The summed E-state index contributed by atoms with van der Waals surface area (Å²) in [4.78, 5) is 0. The molecule has 0 aromatic carbocycles. The van der Waals surface area contributed by atoms with Gasteiger partial charge >= 0.3 is 80.5 Å². The molecule has 0 aromatic heterocycles. The minimum absolute atomic E-state index is 0. The van der Waals surface area contributed by atoms with Crippen LogP contribution in [-0.4, -0.2) is 65.7 Å². The van der Waals surface area contributed by atoms with Crippen molar-refractivity contribution in [1.29, 1.82) is 0 Å². The summed E-state index contributed by atoms with van der Waals surface area (Å²) >= 11 is -10.1. The molecular weight excluding hydrogens is 899 g/mol. The molecule has 0 fully saturated rings. The van der Waals surface area contributed by atoms with E-state index in [-0.39, 0.29) is 27.8 Å². The molecule has 0 aliphatic heterocycles. The van der Waals surface area contributed by atoms with Crippen molar-refractivity contribution in [2.45, 2.75) is 0 Å². The molecule has 173 valence electrons. The third-order valence-corrected chi connectivity index (χ3v) is 0. The molecule has 22 heteroatoms. The van der Waals surface area contributed by atoms with E-state index < -0.39 is 52.0 Å². The molecule has 13 N–H and O–H groups in total. The third-order valence-electron chi connectivity index (χ3n) is 0. The summed E-state index contributed by atoms with van der Waals surface area (Å²) in [6, 6.07) is 0. The van der Waals surface area contributed by atoms with E-state index in [1.807, 2.05) is 0 Å². The van der Waals surface area contributed by atoms with E-state index in [2.05, 4.69) is 0 Å². The van der Waals surface area contributed by atoms with E-state index in [1.54, 1.807) is 0 Å². The first-order valence-electron chi connectivity index (χ1n) is 2.26. The zero-order valence-electron chi connectivity index (χ0n) is 12.4. The Kier molecular flexibility index (Phi) is 841. The summed E-state index contributed by atoms with van der Waals surface area (Å²) < 4.78 is 66.2. The summed E-state index contributed by atoms with van der Waals surface area (Å²) in [5, 5.41) is 60.0. The second-order valence-corrected chi connectivity index (χ2v) is 3.76. The molecule has 0 unspecified atom stereocenters. The van der Waals surface area contributed by atoms with Crippen molar-refractivity contribution < 1.29 is 139 Å². The Morgan fingerprint density at radius 1 is 0.560 bits per heavy atom.